The minimum atomic E-state index is 0.455. The highest BCUT2D eigenvalue weighted by molar-refractivity contribution is 7.18. The maximum Gasteiger partial charge on any atom is 0.203 e. The van der Waals surface area contributed by atoms with Crippen LogP contribution in [0.1, 0.15) is 0 Å². The van der Waals surface area contributed by atoms with Crippen LogP contribution in [0.5, 0.6) is 0 Å². The van der Waals surface area contributed by atoms with E-state index in [1.54, 1.807) is 16.9 Å². The van der Waals surface area contributed by atoms with Crippen LogP contribution >= 0.6 is 11.3 Å². The Labute approximate surface area is 158 Å². The maximum absolute atomic E-state index is 5.70. The molecule has 0 amide bonds. The molecule has 0 radical (unpaired) electrons. The van der Waals surface area contributed by atoms with Gasteiger partial charge in [0.25, 0.3) is 0 Å². The first kappa shape index (κ1) is 15.6. The quantitative estimate of drug-likeness (QED) is 0.521. The van der Waals surface area contributed by atoms with Gasteiger partial charge in [-0.05, 0) is 29.3 Å². The van der Waals surface area contributed by atoms with Crippen molar-refractivity contribution in [1.82, 2.24) is 29.8 Å². The Hall–Kier alpha value is -3.65. The fourth-order valence-corrected chi connectivity index (χ4v) is 3.55. The van der Waals surface area contributed by atoms with Gasteiger partial charge in [-0.3, -0.25) is 4.98 Å². The van der Waals surface area contributed by atoms with Crippen LogP contribution in [-0.2, 0) is 0 Å². The average Bonchev–Trinajstić information content (AvgIpc) is 3.34. The van der Waals surface area contributed by atoms with E-state index in [1.807, 2.05) is 48.9 Å². The molecule has 27 heavy (non-hydrogen) atoms. The SMILES string of the molecule is Nc1nnc(-c2cccc(-c3cnn4cc(-c5ccncc5)cnc34)c2)s1. The molecule has 0 unspecified atom stereocenters. The molecule has 1 aromatic carbocycles. The second-order valence-corrected chi connectivity index (χ2v) is 6.94. The van der Waals surface area contributed by atoms with Gasteiger partial charge in [0.15, 0.2) is 5.65 Å². The molecule has 0 saturated carbocycles. The van der Waals surface area contributed by atoms with E-state index >= 15 is 0 Å². The molecule has 0 aliphatic carbocycles. The zero-order chi connectivity index (χ0) is 18.2. The molecule has 0 fully saturated rings. The summed E-state index contributed by atoms with van der Waals surface area (Å²) in [5.74, 6) is 0. The molecule has 0 aliphatic heterocycles. The zero-order valence-corrected chi connectivity index (χ0v) is 14.8. The Morgan fingerprint density at radius 2 is 1.74 bits per heavy atom. The number of benzene rings is 1. The fraction of sp³-hybridized carbons (Fsp3) is 0. The molecule has 8 heteroatoms. The van der Waals surface area contributed by atoms with Gasteiger partial charge in [0.05, 0.1) is 6.20 Å². The normalized spacial score (nSPS) is 11.1. The summed E-state index contributed by atoms with van der Waals surface area (Å²) < 4.78 is 1.79. The topological polar surface area (TPSA) is 94.9 Å². The third-order valence-corrected chi connectivity index (χ3v) is 5.03. The van der Waals surface area contributed by atoms with E-state index < -0.39 is 0 Å². The van der Waals surface area contributed by atoms with Crippen LogP contribution in [0, 0.1) is 0 Å². The smallest absolute Gasteiger partial charge is 0.203 e. The number of nitrogen functional groups attached to an aromatic ring is 1. The van der Waals surface area contributed by atoms with Crippen molar-refractivity contribution in [2.24, 2.45) is 0 Å². The Morgan fingerprint density at radius 1 is 0.889 bits per heavy atom. The number of hydrogen-bond acceptors (Lipinski definition) is 7. The predicted molar refractivity (Wildman–Crippen MR) is 105 cm³/mol. The zero-order valence-electron chi connectivity index (χ0n) is 14.0. The standard InChI is InChI=1S/C19H13N7S/c20-19-25-24-18(27-19)14-3-1-2-13(8-14)16-10-23-26-11-15(9-22-17(16)26)12-4-6-21-7-5-12/h1-11H,(H2,20,25). The molecule has 7 nitrogen and oxygen atoms in total. The number of pyridine rings is 1. The number of anilines is 1. The van der Waals surface area contributed by atoms with Crippen molar-refractivity contribution in [2.45, 2.75) is 0 Å². The summed E-state index contributed by atoms with van der Waals surface area (Å²) in [6.45, 7) is 0. The molecule has 130 valence electrons. The Kier molecular flexibility index (Phi) is 3.61. The number of nitrogens with zero attached hydrogens (tertiary/aromatic N) is 6. The molecular formula is C19H13N7S. The summed E-state index contributed by atoms with van der Waals surface area (Å²) in [4.78, 5) is 8.69. The van der Waals surface area contributed by atoms with E-state index in [9.17, 15) is 0 Å². The summed E-state index contributed by atoms with van der Waals surface area (Å²) >= 11 is 1.36. The van der Waals surface area contributed by atoms with Crippen molar-refractivity contribution in [3.63, 3.8) is 0 Å². The third kappa shape index (κ3) is 2.81. The highest BCUT2D eigenvalue weighted by atomic mass is 32.1. The maximum atomic E-state index is 5.70. The minimum Gasteiger partial charge on any atom is -0.374 e. The molecule has 5 rings (SSSR count). The van der Waals surface area contributed by atoms with E-state index in [-0.39, 0.29) is 0 Å². The van der Waals surface area contributed by atoms with Crippen LogP contribution in [0.15, 0.2) is 67.4 Å². The summed E-state index contributed by atoms with van der Waals surface area (Å²) in [5.41, 5.74) is 11.5. The minimum absolute atomic E-state index is 0.455. The van der Waals surface area contributed by atoms with Crippen molar-refractivity contribution in [3.8, 4) is 32.8 Å². The fourth-order valence-electron chi connectivity index (χ4n) is 2.94. The van der Waals surface area contributed by atoms with E-state index in [4.69, 9.17) is 5.73 Å². The lowest BCUT2D eigenvalue weighted by Gasteiger charge is -2.04. The molecule has 0 atom stereocenters. The van der Waals surface area contributed by atoms with Crippen LogP contribution in [0.25, 0.3) is 38.5 Å². The highest BCUT2D eigenvalue weighted by Gasteiger charge is 2.12. The van der Waals surface area contributed by atoms with Gasteiger partial charge in [-0.15, -0.1) is 10.2 Å². The first-order chi connectivity index (χ1) is 13.3. The van der Waals surface area contributed by atoms with Crippen molar-refractivity contribution < 1.29 is 0 Å². The van der Waals surface area contributed by atoms with Gasteiger partial charge in [-0.2, -0.15) is 5.10 Å². The number of rotatable bonds is 3. The van der Waals surface area contributed by atoms with E-state index in [1.165, 1.54) is 11.3 Å². The second-order valence-electron chi connectivity index (χ2n) is 5.93. The average molecular weight is 371 g/mol. The summed E-state index contributed by atoms with van der Waals surface area (Å²) in [5, 5.41) is 13.7. The first-order valence-electron chi connectivity index (χ1n) is 8.21. The molecular weight excluding hydrogens is 358 g/mol. The van der Waals surface area contributed by atoms with Gasteiger partial charge in [0, 0.05) is 41.5 Å². The number of fused-ring (bicyclic) bond motifs is 1. The van der Waals surface area contributed by atoms with Gasteiger partial charge in [-0.25, -0.2) is 9.50 Å². The number of aromatic nitrogens is 6. The van der Waals surface area contributed by atoms with Crippen molar-refractivity contribution >= 4 is 22.1 Å². The van der Waals surface area contributed by atoms with Crippen LogP contribution in [0.3, 0.4) is 0 Å². The third-order valence-electron chi connectivity index (χ3n) is 4.23. The lowest BCUT2D eigenvalue weighted by molar-refractivity contribution is 0.941. The highest BCUT2D eigenvalue weighted by Crippen LogP contribution is 2.31. The second kappa shape index (κ2) is 6.26. The molecule has 5 aromatic rings. The number of hydrogen-bond donors (Lipinski definition) is 1. The largest absolute Gasteiger partial charge is 0.374 e. The molecule has 0 bridgehead atoms. The van der Waals surface area contributed by atoms with Crippen molar-refractivity contribution in [1.29, 1.82) is 0 Å². The van der Waals surface area contributed by atoms with Crippen LogP contribution < -0.4 is 5.73 Å². The lowest BCUT2D eigenvalue weighted by Crippen LogP contribution is -1.92. The summed E-state index contributed by atoms with van der Waals surface area (Å²) in [6, 6.07) is 12.0. The Balaban J connectivity index is 1.58. The Bertz CT molecular complexity index is 1240. The molecule has 2 N–H and O–H groups in total. The summed E-state index contributed by atoms with van der Waals surface area (Å²) in [6.07, 6.45) is 9.17. The predicted octanol–water partition coefficient (Wildman–Crippen LogP) is 3.56. The molecule has 4 heterocycles. The van der Waals surface area contributed by atoms with Gasteiger partial charge in [0.2, 0.25) is 5.13 Å². The van der Waals surface area contributed by atoms with E-state index in [2.05, 4.69) is 31.3 Å². The molecule has 4 aromatic heterocycles. The van der Waals surface area contributed by atoms with Gasteiger partial charge >= 0.3 is 0 Å². The monoisotopic (exact) mass is 371 g/mol. The summed E-state index contributed by atoms with van der Waals surface area (Å²) in [7, 11) is 0. The molecule has 0 spiro atoms. The van der Waals surface area contributed by atoms with E-state index in [0.717, 1.165) is 38.5 Å². The van der Waals surface area contributed by atoms with Gasteiger partial charge < -0.3 is 5.73 Å². The molecule has 0 aliphatic rings. The Morgan fingerprint density at radius 3 is 2.56 bits per heavy atom. The first-order valence-corrected chi connectivity index (χ1v) is 9.03. The van der Waals surface area contributed by atoms with Gasteiger partial charge in [-0.1, -0.05) is 29.5 Å². The van der Waals surface area contributed by atoms with Crippen LogP contribution in [0.4, 0.5) is 5.13 Å². The number of nitrogens with two attached hydrogens (primary N) is 1. The van der Waals surface area contributed by atoms with Gasteiger partial charge in [0.1, 0.15) is 5.01 Å². The molecule has 0 saturated heterocycles. The lowest BCUT2D eigenvalue weighted by atomic mass is 10.1. The van der Waals surface area contributed by atoms with Crippen molar-refractivity contribution in [2.75, 3.05) is 5.73 Å². The van der Waals surface area contributed by atoms with Crippen molar-refractivity contribution in [3.05, 3.63) is 67.4 Å². The van der Waals surface area contributed by atoms with Crippen LogP contribution in [-0.4, -0.2) is 29.8 Å². The van der Waals surface area contributed by atoms with Crippen LogP contribution in [0.2, 0.25) is 0 Å². The van der Waals surface area contributed by atoms with E-state index in [0.29, 0.717) is 5.13 Å².